The predicted octanol–water partition coefficient (Wildman–Crippen LogP) is 3.55. The van der Waals surface area contributed by atoms with Gasteiger partial charge in [-0.3, -0.25) is 9.59 Å². The summed E-state index contributed by atoms with van der Waals surface area (Å²) in [4.78, 5) is 30.0. The van der Waals surface area contributed by atoms with Crippen molar-refractivity contribution in [3.63, 3.8) is 0 Å². The number of aromatic nitrogens is 4. The zero-order valence-corrected chi connectivity index (χ0v) is 19.0. The SMILES string of the molecule is Cc1noc(C)c1-c1ccc(NC(=O)C(CNC(=O)c2cnon2)C2CCC(C)CC2)nc1. The molecule has 1 saturated carbocycles. The number of carbonyl (C=O) groups is 2. The van der Waals surface area contributed by atoms with Crippen LogP contribution in [0.3, 0.4) is 0 Å². The molecule has 4 rings (SSSR count). The highest BCUT2D eigenvalue weighted by atomic mass is 16.6. The van der Waals surface area contributed by atoms with E-state index in [2.05, 4.69) is 42.6 Å². The summed E-state index contributed by atoms with van der Waals surface area (Å²) >= 11 is 0. The van der Waals surface area contributed by atoms with Gasteiger partial charge in [0.15, 0.2) is 5.69 Å². The Morgan fingerprint density at radius 1 is 1.12 bits per heavy atom. The Bertz CT molecular complexity index is 1070. The largest absolute Gasteiger partial charge is 0.361 e. The molecule has 3 heterocycles. The molecule has 3 aromatic rings. The lowest BCUT2D eigenvalue weighted by Gasteiger charge is -2.32. The zero-order chi connectivity index (χ0) is 23.4. The maximum absolute atomic E-state index is 13.2. The number of nitrogens with one attached hydrogen (secondary N) is 2. The van der Waals surface area contributed by atoms with Crippen LogP contribution in [0.4, 0.5) is 5.82 Å². The molecule has 1 atom stereocenters. The molecule has 0 bridgehead atoms. The van der Waals surface area contributed by atoms with E-state index < -0.39 is 5.91 Å². The Hall–Kier alpha value is -3.56. The number of nitrogens with zero attached hydrogens (tertiary/aromatic N) is 4. The van der Waals surface area contributed by atoms with Crippen LogP contribution in [0.1, 0.15) is 54.5 Å². The number of carbonyl (C=O) groups excluding carboxylic acids is 2. The van der Waals surface area contributed by atoms with Crippen LogP contribution >= 0.6 is 0 Å². The van der Waals surface area contributed by atoms with E-state index in [1.165, 1.54) is 6.20 Å². The van der Waals surface area contributed by atoms with Crippen LogP contribution < -0.4 is 10.6 Å². The summed E-state index contributed by atoms with van der Waals surface area (Å²) < 4.78 is 9.72. The van der Waals surface area contributed by atoms with Gasteiger partial charge in [-0.05, 0) is 55.8 Å². The topological polar surface area (TPSA) is 136 Å². The van der Waals surface area contributed by atoms with Gasteiger partial charge < -0.3 is 15.2 Å². The zero-order valence-electron chi connectivity index (χ0n) is 19.0. The first-order chi connectivity index (χ1) is 15.9. The van der Waals surface area contributed by atoms with E-state index >= 15 is 0 Å². The molecule has 1 unspecified atom stereocenters. The van der Waals surface area contributed by atoms with Crippen LogP contribution in [-0.4, -0.2) is 38.8 Å². The lowest BCUT2D eigenvalue weighted by molar-refractivity contribution is -0.121. The molecule has 0 radical (unpaired) electrons. The van der Waals surface area contributed by atoms with Gasteiger partial charge in [0, 0.05) is 23.9 Å². The second-order valence-electron chi connectivity index (χ2n) is 8.75. The van der Waals surface area contributed by atoms with Crippen molar-refractivity contribution in [2.75, 3.05) is 11.9 Å². The van der Waals surface area contributed by atoms with E-state index in [-0.39, 0.29) is 30.0 Å². The Morgan fingerprint density at radius 2 is 1.91 bits per heavy atom. The van der Waals surface area contributed by atoms with Crippen LogP contribution in [0.2, 0.25) is 0 Å². The maximum atomic E-state index is 13.2. The molecule has 1 fully saturated rings. The van der Waals surface area contributed by atoms with Crippen LogP contribution in [0.15, 0.2) is 33.7 Å². The third-order valence-corrected chi connectivity index (χ3v) is 6.38. The lowest BCUT2D eigenvalue weighted by atomic mass is 9.76. The number of aryl methyl sites for hydroxylation is 2. The molecule has 0 aliphatic heterocycles. The van der Waals surface area contributed by atoms with Gasteiger partial charge in [-0.25, -0.2) is 9.61 Å². The van der Waals surface area contributed by atoms with Gasteiger partial charge in [-0.1, -0.05) is 30.1 Å². The predicted molar refractivity (Wildman–Crippen MR) is 119 cm³/mol. The summed E-state index contributed by atoms with van der Waals surface area (Å²) in [6.07, 6.45) is 6.97. The van der Waals surface area contributed by atoms with Gasteiger partial charge in [0.25, 0.3) is 5.91 Å². The average Bonchev–Trinajstić information content (AvgIpc) is 3.46. The van der Waals surface area contributed by atoms with Crippen molar-refractivity contribution in [3.05, 3.63) is 41.7 Å². The van der Waals surface area contributed by atoms with E-state index in [0.717, 1.165) is 48.3 Å². The van der Waals surface area contributed by atoms with E-state index in [1.54, 1.807) is 12.3 Å². The van der Waals surface area contributed by atoms with Crippen molar-refractivity contribution < 1.29 is 18.7 Å². The molecular formula is C23H28N6O4. The summed E-state index contributed by atoms with van der Waals surface area (Å²) in [5.74, 6) is 1.04. The molecule has 2 N–H and O–H groups in total. The summed E-state index contributed by atoms with van der Waals surface area (Å²) in [6, 6.07) is 3.64. The molecule has 1 aliphatic carbocycles. The molecule has 0 saturated heterocycles. The minimum absolute atomic E-state index is 0.0861. The van der Waals surface area contributed by atoms with Gasteiger partial charge >= 0.3 is 0 Å². The van der Waals surface area contributed by atoms with Crippen LogP contribution in [0.5, 0.6) is 0 Å². The van der Waals surface area contributed by atoms with Crippen molar-refractivity contribution in [3.8, 4) is 11.1 Å². The summed E-state index contributed by atoms with van der Waals surface area (Å²) in [7, 11) is 0. The molecule has 10 nitrogen and oxygen atoms in total. The first-order valence-corrected chi connectivity index (χ1v) is 11.2. The highest BCUT2D eigenvalue weighted by molar-refractivity contribution is 5.94. The summed E-state index contributed by atoms with van der Waals surface area (Å²) in [5.41, 5.74) is 2.65. The minimum atomic E-state index is -0.417. The molecule has 2 amide bonds. The monoisotopic (exact) mass is 452 g/mol. The number of hydrogen-bond acceptors (Lipinski definition) is 8. The van der Waals surface area contributed by atoms with Crippen LogP contribution in [0, 0.1) is 31.6 Å². The van der Waals surface area contributed by atoms with Gasteiger partial charge in [0.1, 0.15) is 17.8 Å². The Morgan fingerprint density at radius 3 is 2.52 bits per heavy atom. The molecule has 0 aromatic carbocycles. The van der Waals surface area contributed by atoms with Crippen molar-refractivity contribution in [1.29, 1.82) is 0 Å². The Kier molecular flexibility index (Phi) is 6.81. The maximum Gasteiger partial charge on any atom is 0.275 e. The van der Waals surface area contributed by atoms with Crippen LogP contribution in [0.25, 0.3) is 11.1 Å². The fourth-order valence-corrected chi connectivity index (χ4v) is 4.45. The minimum Gasteiger partial charge on any atom is -0.361 e. The number of hydrogen-bond donors (Lipinski definition) is 2. The molecule has 174 valence electrons. The van der Waals surface area contributed by atoms with Gasteiger partial charge in [0.05, 0.1) is 11.6 Å². The number of pyridine rings is 1. The van der Waals surface area contributed by atoms with Gasteiger partial charge in [-0.15, -0.1) is 0 Å². The number of anilines is 1. The summed E-state index contributed by atoms with van der Waals surface area (Å²) in [6.45, 7) is 6.16. The van der Waals surface area contributed by atoms with E-state index in [9.17, 15) is 9.59 Å². The highest BCUT2D eigenvalue weighted by Crippen LogP contribution is 2.34. The van der Waals surface area contributed by atoms with E-state index in [4.69, 9.17) is 4.52 Å². The summed E-state index contributed by atoms with van der Waals surface area (Å²) in [5, 5.41) is 16.7. The number of rotatable bonds is 7. The molecule has 3 aromatic heterocycles. The molecular weight excluding hydrogens is 424 g/mol. The van der Waals surface area contributed by atoms with Gasteiger partial charge in [0.2, 0.25) is 5.91 Å². The molecule has 33 heavy (non-hydrogen) atoms. The molecule has 0 spiro atoms. The third kappa shape index (κ3) is 5.27. The Labute approximate surface area is 191 Å². The standard InChI is InChI=1S/C23H28N6O4/c1-13-4-6-16(7-5-13)18(11-25-23(31)19-12-26-33-29-19)22(30)27-20-9-8-17(10-24-20)21-14(2)28-32-15(21)3/h8-10,12-13,16,18H,4-7,11H2,1-3H3,(H,25,31)(H,24,27,30). The first kappa shape index (κ1) is 22.6. The molecule has 1 aliphatic rings. The fraction of sp³-hybridized carbons (Fsp3) is 0.478. The Balaban J connectivity index is 1.45. The van der Waals surface area contributed by atoms with Crippen molar-refractivity contribution in [1.82, 2.24) is 25.8 Å². The van der Waals surface area contributed by atoms with E-state index in [1.807, 2.05) is 19.9 Å². The van der Waals surface area contributed by atoms with Crippen molar-refractivity contribution in [2.24, 2.45) is 17.8 Å². The number of amides is 2. The second kappa shape index (κ2) is 9.93. The van der Waals surface area contributed by atoms with Crippen molar-refractivity contribution >= 4 is 17.6 Å². The second-order valence-corrected chi connectivity index (χ2v) is 8.75. The lowest BCUT2D eigenvalue weighted by Crippen LogP contribution is -2.41. The van der Waals surface area contributed by atoms with Crippen molar-refractivity contribution in [2.45, 2.75) is 46.5 Å². The highest BCUT2D eigenvalue weighted by Gasteiger charge is 2.32. The van der Waals surface area contributed by atoms with Gasteiger partial charge in [-0.2, -0.15) is 0 Å². The normalized spacial score (nSPS) is 19.1. The quantitative estimate of drug-likeness (QED) is 0.555. The molecule has 10 heteroatoms. The fourth-order valence-electron chi connectivity index (χ4n) is 4.45. The average molecular weight is 453 g/mol. The smallest absolute Gasteiger partial charge is 0.275 e. The first-order valence-electron chi connectivity index (χ1n) is 11.2. The van der Waals surface area contributed by atoms with E-state index in [0.29, 0.717) is 11.7 Å². The van der Waals surface area contributed by atoms with Crippen LogP contribution in [-0.2, 0) is 4.79 Å². The third-order valence-electron chi connectivity index (χ3n) is 6.38.